The van der Waals surface area contributed by atoms with Gasteiger partial charge in [-0.05, 0) is 0 Å². The summed E-state index contributed by atoms with van der Waals surface area (Å²) in [6, 6.07) is -0.656. The zero-order chi connectivity index (χ0) is 11.3. The number of thioether (sulfide) groups is 1. The van der Waals surface area contributed by atoms with Crippen molar-refractivity contribution in [1.29, 1.82) is 0 Å². The van der Waals surface area contributed by atoms with Crippen LogP contribution < -0.4 is 5.32 Å². The third kappa shape index (κ3) is 1.40. The highest BCUT2D eigenvalue weighted by atomic mass is 32.2. The summed E-state index contributed by atoms with van der Waals surface area (Å²) >= 11 is 1.51. The zero-order valence-electron chi connectivity index (χ0n) is 8.09. The van der Waals surface area contributed by atoms with Crippen molar-refractivity contribution in [3.63, 3.8) is 0 Å². The van der Waals surface area contributed by atoms with Crippen molar-refractivity contribution >= 4 is 23.7 Å². The monoisotopic (exact) mass is 248 g/mol. The van der Waals surface area contributed by atoms with E-state index < -0.39 is 30.6 Å². The number of hydrogen-bond donors (Lipinski definition) is 1. The SMILES string of the molecule is O=C1NC(=O)N2[C@@H]3CS[C@H](CO[C@H]2[C@@H]1F)O3. The van der Waals surface area contributed by atoms with E-state index in [1.807, 2.05) is 5.32 Å². The number of nitrogens with one attached hydrogen (secondary N) is 1. The first-order valence-corrected chi connectivity index (χ1v) is 5.87. The summed E-state index contributed by atoms with van der Waals surface area (Å²) in [5.74, 6) is -0.379. The van der Waals surface area contributed by atoms with Crippen molar-refractivity contribution in [3.8, 4) is 0 Å². The van der Waals surface area contributed by atoms with Crippen LogP contribution in [-0.2, 0) is 14.3 Å². The molecule has 3 amide bonds. The lowest BCUT2D eigenvalue weighted by Gasteiger charge is -2.37. The molecule has 3 aliphatic heterocycles. The molecule has 0 aromatic carbocycles. The van der Waals surface area contributed by atoms with Crippen molar-refractivity contribution in [2.24, 2.45) is 0 Å². The number of carbonyl (C=O) groups is 2. The molecule has 16 heavy (non-hydrogen) atoms. The van der Waals surface area contributed by atoms with E-state index >= 15 is 0 Å². The predicted octanol–water partition coefficient (Wildman–Crippen LogP) is -0.352. The average molecular weight is 248 g/mol. The average Bonchev–Trinajstić information content (AvgIpc) is 2.58. The summed E-state index contributed by atoms with van der Waals surface area (Å²) in [5.41, 5.74) is -0.189. The highest BCUT2D eigenvalue weighted by Crippen LogP contribution is 2.34. The van der Waals surface area contributed by atoms with E-state index in [4.69, 9.17) is 9.47 Å². The molecule has 0 unspecified atom stereocenters. The predicted molar refractivity (Wildman–Crippen MR) is 51.1 cm³/mol. The molecule has 2 bridgehead atoms. The number of rotatable bonds is 0. The molecular weight excluding hydrogens is 239 g/mol. The number of ether oxygens (including phenoxy) is 2. The van der Waals surface area contributed by atoms with Crippen LogP contribution >= 0.6 is 11.8 Å². The van der Waals surface area contributed by atoms with Crippen LogP contribution in [0.4, 0.5) is 9.18 Å². The fourth-order valence-corrected chi connectivity index (χ4v) is 2.94. The van der Waals surface area contributed by atoms with Crippen LogP contribution in [-0.4, -0.2) is 53.3 Å². The Kier molecular flexibility index (Phi) is 2.30. The molecule has 0 saturated carbocycles. The molecule has 0 aliphatic carbocycles. The Morgan fingerprint density at radius 2 is 2.31 bits per heavy atom. The van der Waals surface area contributed by atoms with Crippen LogP contribution in [0.5, 0.6) is 0 Å². The number of carbonyl (C=O) groups excluding carboxylic acids is 2. The van der Waals surface area contributed by atoms with Gasteiger partial charge in [0.05, 0.1) is 6.61 Å². The van der Waals surface area contributed by atoms with Crippen molar-refractivity contribution in [3.05, 3.63) is 0 Å². The van der Waals surface area contributed by atoms with Gasteiger partial charge in [-0.2, -0.15) is 0 Å². The Morgan fingerprint density at radius 3 is 3.12 bits per heavy atom. The van der Waals surface area contributed by atoms with E-state index in [1.165, 1.54) is 11.8 Å². The number of halogens is 1. The van der Waals surface area contributed by atoms with Crippen LogP contribution in [0.1, 0.15) is 0 Å². The lowest BCUT2D eigenvalue weighted by molar-refractivity contribution is -0.148. The molecule has 1 N–H and O–H groups in total. The number of amides is 3. The van der Waals surface area contributed by atoms with Gasteiger partial charge in [0.15, 0.2) is 6.23 Å². The number of urea groups is 1. The van der Waals surface area contributed by atoms with E-state index in [0.717, 1.165) is 4.90 Å². The molecule has 3 saturated heterocycles. The van der Waals surface area contributed by atoms with E-state index in [9.17, 15) is 14.0 Å². The van der Waals surface area contributed by atoms with E-state index in [-0.39, 0.29) is 12.0 Å². The Balaban J connectivity index is 1.92. The minimum absolute atomic E-state index is 0.184. The van der Waals surface area contributed by atoms with Gasteiger partial charge >= 0.3 is 6.03 Å². The summed E-state index contributed by atoms with van der Waals surface area (Å²) in [6.45, 7) is 0.184. The van der Waals surface area contributed by atoms with Crippen LogP contribution in [0.3, 0.4) is 0 Å². The van der Waals surface area contributed by atoms with Gasteiger partial charge in [-0.15, -0.1) is 11.8 Å². The van der Waals surface area contributed by atoms with Gasteiger partial charge in [0.2, 0.25) is 6.17 Å². The van der Waals surface area contributed by atoms with Crippen LogP contribution in [0, 0.1) is 0 Å². The molecule has 0 radical (unpaired) electrons. The van der Waals surface area contributed by atoms with Crippen molar-refractivity contribution in [2.75, 3.05) is 12.4 Å². The highest BCUT2D eigenvalue weighted by Gasteiger charge is 2.50. The van der Waals surface area contributed by atoms with Crippen LogP contribution in [0.25, 0.3) is 0 Å². The molecule has 3 aliphatic rings. The quantitative estimate of drug-likeness (QED) is 0.634. The van der Waals surface area contributed by atoms with Gasteiger partial charge in [-0.25, -0.2) is 9.18 Å². The second kappa shape index (κ2) is 3.57. The Labute approximate surface area is 94.4 Å². The second-order valence-corrected chi connectivity index (χ2v) is 4.87. The van der Waals surface area contributed by atoms with E-state index in [1.54, 1.807) is 0 Å². The van der Waals surface area contributed by atoms with Crippen molar-refractivity contribution in [1.82, 2.24) is 10.2 Å². The first kappa shape index (κ1) is 10.3. The normalized spacial score (nSPS) is 42.7. The van der Waals surface area contributed by atoms with Crippen LogP contribution in [0.15, 0.2) is 0 Å². The Bertz CT molecular complexity index is 355. The fourth-order valence-electron chi connectivity index (χ4n) is 1.94. The molecule has 3 fully saturated rings. The molecule has 88 valence electrons. The van der Waals surface area contributed by atoms with E-state index in [0.29, 0.717) is 5.75 Å². The standard InChI is InChI=1S/C8H9FN2O4S/c9-5-6(12)10-8(13)11-3-2-16-4(15-3)1-14-7(5)11/h3-5,7H,1-2H2,(H,10,12,13)/t3-,4+,5+,7-/m0/s1. The fraction of sp³-hybridized carbons (Fsp3) is 0.750. The molecule has 8 heteroatoms. The first-order valence-electron chi connectivity index (χ1n) is 4.83. The summed E-state index contributed by atoms with van der Waals surface area (Å²) in [4.78, 5) is 23.8. The maximum atomic E-state index is 13.6. The van der Waals surface area contributed by atoms with Gasteiger partial charge in [0.1, 0.15) is 11.7 Å². The summed E-state index contributed by atoms with van der Waals surface area (Å²) in [5, 5.41) is 1.94. The maximum Gasteiger partial charge on any atom is 0.328 e. The molecule has 3 heterocycles. The Morgan fingerprint density at radius 1 is 1.50 bits per heavy atom. The molecule has 0 aromatic rings. The molecule has 3 rings (SSSR count). The van der Waals surface area contributed by atoms with Gasteiger partial charge < -0.3 is 9.47 Å². The van der Waals surface area contributed by atoms with Crippen LogP contribution in [0.2, 0.25) is 0 Å². The number of alkyl halides is 1. The minimum Gasteiger partial charge on any atom is -0.351 e. The number of nitrogens with zero attached hydrogens (tertiary/aromatic N) is 1. The topological polar surface area (TPSA) is 67.9 Å². The molecule has 0 spiro atoms. The minimum atomic E-state index is -1.86. The molecule has 6 nitrogen and oxygen atoms in total. The maximum absolute atomic E-state index is 13.6. The zero-order valence-corrected chi connectivity index (χ0v) is 8.91. The van der Waals surface area contributed by atoms with Gasteiger partial charge in [0, 0.05) is 5.75 Å². The highest BCUT2D eigenvalue weighted by molar-refractivity contribution is 8.00. The molecule has 0 aromatic heterocycles. The summed E-state index contributed by atoms with van der Waals surface area (Å²) < 4.78 is 24.3. The Hall–Kier alpha value is -0.860. The lowest BCUT2D eigenvalue weighted by atomic mass is 10.2. The summed E-state index contributed by atoms with van der Waals surface area (Å²) in [7, 11) is 0. The van der Waals surface area contributed by atoms with Gasteiger partial charge in [-0.1, -0.05) is 0 Å². The number of fused-ring (bicyclic) bond motifs is 4. The van der Waals surface area contributed by atoms with Crippen molar-refractivity contribution in [2.45, 2.75) is 24.1 Å². The van der Waals surface area contributed by atoms with Crippen molar-refractivity contribution < 1.29 is 23.5 Å². The largest absolute Gasteiger partial charge is 0.351 e. The number of hydrogen-bond acceptors (Lipinski definition) is 5. The first-order chi connectivity index (χ1) is 7.66. The second-order valence-electron chi connectivity index (χ2n) is 3.68. The van der Waals surface area contributed by atoms with E-state index in [2.05, 4.69) is 0 Å². The third-order valence-corrected chi connectivity index (χ3v) is 3.78. The van der Waals surface area contributed by atoms with Gasteiger partial charge in [-0.3, -0.25) is 15.0 Å². The molecular formula is C8H9FN2O4S. The smallest absolute Gasteiger partial charge is 0.328 e. The molecule has 4 atom stereocenters. The van der Waals surface area contributed by atoms with Gasteiger partial charge in [0.25, 0.3) is 5.91 Å². The summed E-state index contributed by atoms with van der Waals surface area (Å²) in [6.07, 6.45) is -3.53. The number of imide groups is 1. The third-order valence-electron chi connectivity index (χ3n) is 2.69. The lowest BCUT2D eigenvalue weighted by Crippen LogP contribution is -2.64.